The van der Waals surface area contributed by atoms with E-state index in [9.17, 15) is 9.90 Å². The highest BCUT2D eigenvalue weighted by atomic mass is 16.6. The second-order valence-corrected chi connectivity index (χ2v) is 6.51. The summed E-state index contributed by atoms with van der Waals surface area (Å²) in [5.41, 5.74) is -0.506. The lowest BCUT2D eigenvalue weighted by atomic mass is 10.1. The predicted octanol–water partition coefficient (Wildman–Crippen LogP) is 0.689. The van der Waals surface area contributed by atoms with E-state index in [0.717, 1.165) is 32.7 Å². The van der Waals surface area contributed by atoms with E-state index in [-0.39, 0.29) is 18.7 Å². The summed E-state index contributed by atoms with van der Waals surface area (Å²) >= 11 is 0. The maximum absolute atomic E-state index is 12.2. The summed E-state index contributed by atoms with van der Waals surface area (Å²) in [5.74, 6) is 0. The molecule has 0 spiro atoms. The van der Waals surface area contributed by atoms with Crippen molar-refractivity contribution in [1.82, 2.24) is 9.80 Å². The minimum absolute atomic E-state index is 0.0138. The fraction of sp³-hybridized carbons (Fsp3) is 0.929. The molecule has 0 aromatic rings. The van der Waals surface area contributed by atoms with Crippen LogP contribution in [0, 0.1) is 0 Å². The molecule has 116 valence electrons. The third kappa shape index (κ3) is 3.84. The molecule has 2 aliphatic heterocycles. The summed E-state index contributed by atoms with van der Waals surface area (Å²) in [5, 5.41) is 9.51. The molecule has 20 heavy (non-hydrogen) atoms. The standard InChI is InChI=1S/C14H26N2O4/c1-14(2,3)20-13(18)16-9-11(8-12(16)10-17)15-4-6-19-7-5-15/h11-12,17H,4-10H2,1-3H3/t11-,12-/m0/s1. The number of nitrogens with zero attached hydrogens (tertiary/aromatic N) is 2. The van der Waals surface area contributed by atoms with Gasteiger partial charge in [-0.3, -0.25) is 4.90 Å². The number of morpholine rings is 1. The summed E-state index contributed by atoms with van der Waals surface area (Å²) in [7, 11) is 0. The molecule has 2 fully saturated rings. The topological polar surface area (TPSA) is 62.2 Å². The van der Waals surface area contributed by atoms with Crippen LogP contribution >= 0.6 is 0 Å². The van der Waals surface area contributed by atoms with Crippen molar-refractivity contribution in [2.24, 2.45) is 0 Å². The van der Waals surface area contributed by atoms with Gasteiger partial charge in [0.1, 0.15) is 5.60 Å². The molecule has 2 saturated heterocycles. The van der Waals surface area contributed by atoms with E-state index in [1.165, 1.54) is 0 Å². The minimum atomic E-state index is -0.506. The smallest absolute Gasteiger partial charge is 0.410 e. The van der Waals surface area contributed by atoms with Crippen LogP contribution in [-0.4, -0.2) is 78.1 Å². The van der Waals surface area contributed by atoms with Gasteiger partial charge in [0.2, 0.25) is 0 Å². The fourth-order valence-corrected chi connectivity index (χ4v) is 2.82. The van der Waals surface area contributed by atoms with Gasteiger partial charge < -0.3 is 19.5 Å². The van der Waals surface area contributed by atoms with E-state index in [1.807, 2.05) is 20.8 Å². The molecule has 0 unspecified atom stereocenters. The van der Waals surface area contributed by atoms with Crippen LogP contribution < -0.4 is 0 Å². The van der Waals surface area contributed by atoms with E-state index in [0.29, 0.717) is 12.6 Å². The Bertz CT molecular complexity index is 337. The van der Waals surface area contributed by atoms with Crippen LogP contribution in [0.25, 0.3) is 0 Å². The number of hydrogen-bond acceptors (Lipinski definition) is 5. The monoisotopic (exact) mass is 286 g/mol. The molecule has 1 N–H and O–H groups in total. The van der Waals surface area contributed by atoms with Crippen molar-refractivity contribution < 1.29 is 19.4 Å². The number of aliphatic hydroxyl groups is 1. The number of hydrogen-bond donors (Lipinski definition) is 1. The Labute approximate surface area is 120 Å². The van der Waals surface area contributed by atoms with Crippen LogP contribution in [0.1, 0.15) is 27.2 Å². The first-order valence-corrected chi connectivity index (χ1v) is 7.33. The average Bonchev–Trinajstić information content (AvgIpc) is 2.82. The molecule has 1 amide bonds. The van der Waals surface area contributed by atoms with Gasteiger partial charge in [-0.1, -0.05) is 0 Å². The number of aliphatic hydroxyl groups excluding tert-OH is 1. The van der Waals surface area contributed by atoms with E-state index >= 15 is 0 Å². The number of carbonyl (C=O) groups is 1. The number of carbonyl (C=O) groups excluding carboxylic acids is 1. The predicted molar refractivity (Wildman–Crippen MR) is 74.6 cm³/mol. The maximum Gasteiger partial charge on any atom is 0.410 e. The average molecular weight is 286 g/mol. The molecule has 0 bridgehead atoms. The quantitative estimate of drug-likeness (QED) is 0.809. The van der Waals surface area contributed by atoms with Crippen molar-refractivity contribution >= 4 is 6.09 Å². The van der Waals surface area contributed by atoms with Crippen molar-refractivity contribution in [3.63, 3.8) is 0 Å². The highest BCUT2D eigenvalue weighted by molar-refractivity contribution is 5.69. The zero-order chi connectivity index (χ0) is 14.8. The van der Waals surface area contributed by atoms with Crippen LogP contribution in [0.15, 0.2) is 0 Å². The van der Waals surface area contributed by atoms with Crippen LogP contribution in [0.3, 0.4) is 0 Å². The number of likely N-dealkylation sites (tertiary alicyclic amines) is 1. The van der Waals surface area contributed by atoms with E-state index in [2.05, 4.69) is 4.90 Å². The summed E-state index contributed by atoms with van der Waals surface area (Å²) in [6, 6.07) is 0.154. The van der Waals surface area contributed by atoms with Gasteiger partial charge in [0.25, 0.3) is 0 Å². The first-order chi connectivity index (χ1) is 9.40. The number of ether oxygens (including phenoxy) is 2. The van der Waals surface area contributed by atoms with Crippen LogP contribution in [0.2, 0.25) is 0 Å². The molecule has 0 aromatic heterocycles. The molecule has 2 aliphatic rings. The molecule has 2 atom stereocenters. The van der Waals surface area contributed by atoms with Crippen molar-refractivity contribution in [2.75, 3.05) is 39.5 Å². The van der Waals surface area contributed by atoms with Crippen molar-refractivity contribution in [3.05, 3.63) is 0 Å². The zero-order valence-electron chi connectivity index (χ0n) is 12.7. The molecule has 0 radical (unpaired) electrons. The lowest BCUT2D eigenvalue weighted by molar-refractivity contribution is 0.0104. The maximum atomic E-state index is 12.2. The fourth-order valence-electron chi connectivity index (χ4n) is 2.82. The molecule has 0 aliphatic carbocycles. The molecule has 6 nitrogen and oxygen atoms in total. The summed E-state index contributed by atoms with van der Waals surface area (Å²) in [6.45, 7) is 9.45. The lowest BCUT2D eigenvalue weighted by Gasteiger charge is -2.32. The minimum Gasteiger partial charge on any atom is -0.444 e. The van der Waals surface area contributed by atoms with Gasteiger partial charge in [-0.25, -0.2) is 4.79 Å². The first-order valence-electron chi connectivity index (χ1n) is 7.33. The SMILES string of the molecule is CC(C)(C)OC(=O)N1C[C@@H](N2CCOCC2)C[C@H]1CO. The molecular formula is C14H26N2O4. The lowest BCUT2D eigenvalue weighted by Crippen LogP contribution is -2.46. The van der Waals surface area contributed by atoms with Crippen molar-refractivity contribution in [2.45, 2.75) is 44.9 Å². The van der Waals surface area contributed by atoms with Gasteiger partial charge in [0.15, 0.2) is 0 Å². The zero-order valence-corrected chi connectivity index (χ0v) is 12.7. The third-order valence-corrected chi connectivity index (χ3v) is 3.79. The van der Waals surface area contributed by atoms with Gasteiger partial charge in [-0.2, -0.15) is 0 Å². The van der Waals surface area contributed by atoms with Crippen LogP contribution in [0.4, 0.5) is 4.79 Å². The molecule has 0 saturated carbocycles. The number of rotatable bonds is 2. The molecule has 0 aromatic carbocycles. The van der Waals surface area contributed by atoms with Crippen molar-refractivity contribution in [1.29, 1.82) is 0 Å². The molecular weight excluding hydrogens is 260 g/mol. The highest BCUT2D eigenvalue weighted by Crippen LogP contribution is 2.25. The van der Waals surface area contributed by atoms with Crippen molar-refractivity contribution in [3.8, 4) is 0 Å². The Morgan fingerprint density at radius 2 is 2.00 bits per heavy atom. The van der Waals surface area contributed by atoms with Crippen LogP contribution in [-0.2, 0) is 9.47 Å². The second-order valence-electron chi connectivity index (χ2n) is 6.51. The second kappa shape index (κ2) is 6.28. The van der Waals surface area contributed by atoms with Gasteiger partial charge in [0, 0.05) is 25.7 Å². The molecule has 6 heteroatoms. The Balaban J connectivity index is 1.96. The number of amides is 1. The van der Waals surface area contributed by atoms with Gasteiger partial charge in [-0.05, 0) is 27.2 Å². The van der Waals surface area contributed by atoms with E-state index < -0.39 is 5.60 Å². The Hall–Kier alpha value is -0.850. The highest BCUT2D eigenvalue weighted by Gasteiger charge is 2.39. The molecule has 2 rings (SSSR count). The summed E-state index contributed by atoms with van der Waals surface area (Å²) in [4.78, 5) is 16.2. The summed E-state index contributed by atoms with van der Waals surface area (Å²) < 4.78 is 10.8. The summed E-state index contributed by atoms with van der Waals surface area (Å²) in [6.07, 6.45) is 0.475. The third-order valence-electron chi connectivity index (χ3n) is 3.79. The normalized spacial score (nSPS) is 28.7. The largest absolute Gasteiger partial charge is 0.444 e. The first kappa shape index (κ1) is 15.5. The molecule has 2 heterocycles. The van der Waals surface area contributed by atoms with E-state index in [1.54, 1.807) is 4.90 Å². The van der Waals surface area contributed by atoms with Gasteiger partial charge in [-0.15, -0.1) is 0 Å². The van der Waals surface area contributed by atoms with Gasteiger partial charge in [0.05, 0.1) is 25.9 Å². The Kier molecular flexibility index (Phi) is 4.88. The Morgan fingerprint density at radius 1 is 1.35 bits per heavy atom. The van der Waals surface area contributed by atoms with Gasteiger partial charge >= 0.3 is 6.09 Å². The Morgan fingerprint density at radius 3 is 2.55 bits per heavy atom. The van der Waals surface area contributed by atoms with E-state index in [4.69, 9.17) is 9.47 Å². The van der Waals surface area contributed by atoms with Crippen LogP contribution in [0.5, 0.6) is 0 Å².